The maximum absolute atomic E-state index is 12.1. The van der Waals surface area contributed by atoms with Gasteiger partial charge in [-0.1, -0.05) is 0 Å². The summed E-state index contributed by atoms with van der Waals surface area (Å²) < 4.78 is 0. The second-order valence-electron chi connectivity index (χ2n) is 6.31. The van der Waals surface area contributed by atoms with Crippen LogP contribution in [0.1, 0.15) is 26.3 Å². The van der Waals surface area contributed by atoms with Gasteiger partial charge in [0.2, 0.25) is 0 Å². The van der Waals surface area contributed by atoms with E-state index in [2.05, 4.69) is 16.3 Å². The third-order valence-corrected chi connectivity index (χ3v) is 3.41. The van der Waals surface area contributed by atoms with Gasteiger partial charge in [0.15, 0.2) is 0 Å². The zero-order valence-electron chi connectivity index (χ0n) is 12.9. The molecule has 1 fully saturated rings. The molecule has 1 aromatic rings. The Kier molecular flexibility index (Phi) is 4.37. The van der Waals surface area contributed by atoms with Crippen LogP contribution in [-0.4, -0.2) is 42.6 Å². The number of carbonyl (C=O) groups excluding carboxylic acids is 1. The summed E-state index contributed by atoms with van der Waals surface area (Å²) in [6.07, 6.45) is 0. The molecule has 0 unspecified atom stereocenters. The van der Waals surface area contributed by atoms with E-state index in [4.69, 9.17) is 5.26 Å². The SMILES string of the molecule is CC(C)(C)NC(=O)N1CCN(c2ccc(C#N)cc2)CC1. The second kappa shape index (κ2) is 6.04. The van der Waals surface area contributed by atoms with Crippen molar-refractivity contribution in [3.8, 4) is 6.07 Å². The number of anilines is 1. The largest absolute Gasteiger partial charge is 0.368 e. The summed E-state index contributed by atoms with van der Waals surface area (Å²) in [5, 5.41) is 11.8. The van der Waals surface area contributed by atoms with Gasteiger partial charge in [-0.2, -0.15) is 5.26 Å². The number of nitrogens with one attached hydrogen (secondary N) is 1. The number of nitriles is 1. The zero-order chi connectivity index (χ0) is 15.5. The van der Waals surface area contributed by atoms with Gasteiger partial charge in [-0.3, -0.25) is 0 Å². The van der Waals surface area contributed by atoms with E-state index in [-0.39, 0.29) is 11.6 Å². The highest BCUT2D eigenvalue weighted by Gasteiger charge is 2.23. The minimum Gasteiger partial charge on any atom is -0.368 e. The number of urea groups is 1. The fraction of sp³-hybridized carbons (Fsp3) is 0.500. The molecule has 0 spiro atoms. The molecule has 1 heterocycles. The van der Waals surface area contributed by atoms with E-state index in [0.717, 1.165) is 18.8 Å². The summed E-state index contributed by atoms with van der Waals surface area (Å²) >= 11 is 0. The normalized spacial score (nSPS) is 15.5. The minimum absolute atomic E-state index is 0.00183. The number of benzene rings is 1. The first-order chi connectivity index (χ1) is 9.89. The van der Waals surface area contributed by atoms with Crippen LogP contribution in [0.4, 0.5) is 10.5 Å². The Bertz CT molecular complexity index is 531. The van der Waals surface area contributed by atoms with Crippen molar-refractivity contribution in [1.29, 1.82) is 5.26 Å². The van der Waals surface area contributed by atoms with Crippen LogP contribution in [0.3, 0.4) is 0 Å². The van der Waals surface area contributed by atoms with E-state index in [9.17, 15) is 4.79 Å². The molecule has 2 amide bonds. The van der Waals surface area contributed by atoms with Crippen LogP contribution < -0.4 is 10.2 Å². The van der Waals surface area contributed by atoms with Gasteiger partial charge in [0, 0.05) is 37.4 Å². The zero-order valence-corrected chi connectivity index (χ0v) is 12.9. The molecular weight excluding hydrogens is 264 g/mol. The highest BCUT2D eigenvalue weighted by molar-refractivity contribution is 5.75. The molecule has 0 saturated carbocycles. The molecule has 5 nitrogen and oxygen atoms in total. The smallest absolute Gasteiger partial charge is 0.317 e. The van der Waals surface area contributed by atoms with Gasteiger partial charge in [0.25, 0.3) is 0 Å². The first kappa shape index (κ1) is 15.2. The lowest BCUT2D eigenvalue weighted by atomic mass is 10.1. The number of nitrogens with zero attached hydrogens (tertiary/aromatic N) is 3. The fourth-order valence-corrected chi connectivity index (χ4v) is 2.31. The molecule has 0 aromatic heterocycles. The molecule has 5 heteroatoms. The molecule has 0 radical (unpaired) electrons. The number of hydrogen-bond acceptors (Lipinski definition) is 3. The summed E-state index contributed by atoms with van der Waals surface area (Å²) in [6.45, 7) is 8.99. The molecule has 0 bridgehead atoms. The maximum atomic E-state index is 12.1. The number of piperazine rings is 1. The first-order valence-electron chi connectivity index (χ1n) is 7.21. The highest BCUT2D eigenvalue weighted by atomic mass is 16.2. The van der Waals surface area contributed by atoms with Crippen molar-refractivity contribution in [2.45, 2.75) is 26.3 Å². The van der Waals surface area contributed by atoms with E-state index in [1.165, 1.54) is 0 Å². The summed E-state index contributed by atoms with van der Waals surface area (Å²) in [5.74, 6) is 0. The van der Waals surface area contributed by atoms with Crippen LogP contribution in [0, 0.1) is 11.3 Å². The van der Waals surface area contributed by atoms with E-state index < -0.39 is 0 Å². The van der Waals surface area contributed by atoms with E-state index in [1.807, 2.05) is 49.9 Å². The summed E-state index contributed by atoms with van der Waals surface area (Å²) in [7, 11) is 0. The average molecular weight is 286 g/mol. The van der Waals surface area contributed by atoms with Crippen molar-refractivity contribution in [3.63, 3.8) is 0 Å². The fourth-order valence-electron chi connectivity index (χ4n) is 2.31. The summed E-state index contributed by atoms with van der Waals surface area (Å²) in [4.78, 5) is 16.2. The molecule has 112 valence electrons. The van der Waals surface area contributed by atoms with Crippen molar-refractivity contribution in [2.24, 2.45) is 0 Å². The van der Waals surface area contributed by atoms with Crippen molar-refractivity contribution in [3.05, 3.63) is 29.8 Å². The molecule has 1 aliphatic heterocycles. The van der Waals surface area contributed by atoms with Crippen LogP contribution in [-0.2, 0) is 0 Å². The summed E-state index contributed by atoms with van der Waals surface area (Å²) in [5.41, 5.74) is 1.56. The van der Waals surface area contributed by atoms with Gasteiger partial charge in [0.05, 0.1) is 11.6 Å². The Morgan fingerprint density at radius 1 is 1.14 bits per heavy atom. The first-order valence-corrected chi connectivity index (χ1v) is 7.21. The standard InChI is InChI=1S/C16H22N4O/c1-16(2,3)18-15(21)20-10-8-19(9-11-20)14-6-4-13(12-17)5-7-14/h4-7H,8-11H2,1-3H3,(H,18,21). The monoisotopic (exact) mass is 286 g/mol. The second-order valence-corrected chi connectivity index (χ2v) is 6.31. The van der Waals surface area contributed by atoms with Crippen LogP contribution in [0.2, 0.25) is 0 Å². The van der Waals surface area contributed by atoms with Gasteiger partial charge in [0.1, 0.15) is 0 Å². The van der Waals surface area contributed by atoms with Gasteiger partial charge in [-0.05, 0) is 45.0 Å². The Balaban J connectivity index is 1.91. The van der Waals surface area contributed by atoms with Gasteiger partial charge in [-0.15, -0.1) is 0 Å². The van der Waals surface area contributed by atoms with Crippen molar-refractivity contribution in [2.75, 3.05) is 31.1 Å². The molecule has 1 aliphatic rings. The summed E-state index contributed by atoms with van der Waals surface area (Å²) in [6, 6.07) is 9.70. The van der Waals surface area contributed by atoms with Crippen molar-refractivity contribution >= 4 is 11.7 Å². The maximum Gasteiger partial charge on any atom is 0.317 e. The van der Waals surface area contributed by atoms with E-state index in [0.29, 0.717) is 18.7 Å². The third kappa shape index (κ3) is 4.12. The number of hydrogen-bond donors (Lipinski definition) is 1. The van der Waals surface area contributed by atoms with Crippen LogP contribution in [0.25, 0.3) is 0 Å². The van der Waals surface area contributed by atoms with Crippen LogP contribution >= 0.6 is 0 Å². The van der Waals surface area contributed by atoms with E-state index >= 15 is 0 Å². The predicted molar refractivity (Wildman–Crippen MR) is 83.2 cm³/mol. The minimum atomic E-state index is -0.207. The third-order valence-electron chi connectivity index (χ3n) is 3.41. The molecule has 0 atom stereocenters. The average Bonchev–Trinajstić information content (AvgIpc) is 2.46. The lowest BCUT2D eigenvalue weighted by molar-refractivity contribution is 0.185. The molecule has 21 heavy (non-hydrogen) atoms. The topological polar surface area (TPSA) is 59.4 Å². The van der Waals surface area contributed by atoms with Crippen LogP contribution in [0.15, 0.2) is 24.3 Å². The van der Waals surface area contributed by atoms with Gasteiger partial charge in [-0.25, -0.2) is 4.79 Å². The van der Waals surface area contributed by atoms with Crippen molar-refractivity contribution in [1.82, 2.24) is 10.2 Å². The predicted octanol–water partition coefficient (Wildman–Crippen LogP) is 2.19. The Hall–Kier alpha value is -2.22. The molecule has 1 saturated heterocycles. The van der Waals surface area contributed by atoms with Gasteiger partial charge < -0.3 is 15.1 Å². The van der Waals surface area contributed by atoms with Crippen molar-refractivity contribution < 1.29 is 4.79 Å². The van der Waals surface area contributed by atoms with Crippen LogP contribution in [0.5, 0.6) is 0 Å². The Morgan fingerprint density at radius 3 is 2.19 bits per heavy atom. The van der Waals surface area contributed by atoms with Gasteiger partial charge >= 0.3 is 6.03 Å². The van der Waals surface area contributed by atoms with E-state index in [1.54, 1.807) is 0 Å². The number of rotatable bonds is 1. The lowest BCUT2D eigenvalue weighted by Crippen LogP contribution is -2.55. The lowest BCUT2D eigenvalue weighted by Gasteiger charge is -2.37. The molecule has 1 N–H and O–H groups in total. The molecule has 1 aromatic carbocycles. The Morgan fingerprint density at radius 2 is 1.71 bits per heavy atom. The number of amides is 2. The number of carbonyl (C=O) groups is 1. The molecule has 0 aliphatic carbocycles. The Labute approximate surface area is 126 Å². The molecule has 2 rings (SSSR count). The highest BCUT2D eigenvalue weighted by Crippen LogP contribution is 2.17. The quantitative estimate of drug-likeness (QED) is 0.861. The molecular formula is C16H22N4O.